The molecule has 1 N–H and O–H groups in total. The van der Waals surface area contributed by atoms with Crippen molar-refractivity contribution < 1.29 is 4.79 Å². The molecule has 2 heterocycles. The highest BCUT2D eigenvalue weighted by Crippen LogP contribution is 2.22. The van der Waals surface area contributed by atoms with Crippen molar-refractivity contribution in [3.8, 4) is 0 Å². The predicted octanol–water partition coefficient (Wildman–Crippen LogP) is 4.49. The number of pyridine rings is 1. The van der Waals surface area contributed by atoms with E-state index >= 15 is 0 Å². The molecule has 3 rings (SSSR count). The summed E-state index contributed by atoms with van der Waals surface area (Å²) in [6.45, 7) is 4.54. The average Bonchev–Trinajstić information content (AvgIpc) is 2.64. The highest BCUT2D eigenvalue weighted by molar-refractivity contribution is 7.99. The Morgan fingerprint density at radius 1 is 1.29 bits per heavy atom. The van der Waals surface area contributed by atoms with Crippen molar-refractivity contribution in [3.05, 3.63) is 57.1 Å². The van der Waals surface area contributed by atoms with Gasteiger partial charge in [0, 0.05) is 17.8 Å². The first-order valence-electron chi connectivity index (χ1n) is 8.58. The van der Waals surface area contributed by atoms with Gasteiger partial charge in [0.25, 0.3) is 5.56 Å². The number of carbonyl (C=O) groups excluding carboxylic acids is 1. The number of amides is 1. The van der Waals surface area contributed by atoms with E-state index < -0.39 is 0 Å². The third-order valence-corrected chi connectivity index (χ3v) is 5.31. The number of hydrogen-bond donors (Lipinski definition) is 1. The molecule has 2 aromatic heterocycles. The number of benzene rings is 1. The fourth-order valence-corrected chi connectivity index (χ4v) is 3.75. The Labute approximate surface area is 176 Å². The lowest BCUT2D eigenvalue weighted by atomic mass is 10.2. The van der Waals surface area contributed by atoms with E-state index in [0.717, 1.165) is 0 Å². The summed E-state index contributed by atoms with van der Waals surface area (Å²) >= 11 is 13.2. The number of nitrogens with zero attached hydrogens (tertiary/aromatic N) is 3. The molecule has 0 saturated carbocycles. The van der Waals surface area contributed by atoms with Gasteiger partial charge in [0.15, 0.2) is 10.3 Å². The lowest BCUT2D eigenvalue weighted by Gasteiger charge is -2.15. The van der Waals surface area contributed by atoms with Crippen molar-refractivity contribution in [2.24, 2.45) is 5.92 Å². The van der Waals surface area contributed by atoms with Gasteiger partial charge in [-0.1, -0.05) is 48.8 Å². The lowest BCUT2D eigenvalue weighted by Crippen LogP contribution is -2.26. The van der Waals surface area contributed by atoms with E-state index in [1.165, 1.54) is 11.8 Å². The Morgan fingerprint density at radius 2 is 2.07 bits per heavy atom. The number of thioether (sulfide) groups is 1. The second-order valence-electron chi connectivity index (χ2n) is 6.54. The zero-order chi connectivity index (χ0) is 20.3. The molecule has 1 amide bonds. The van der Waals surface area contributed by atoms with Crippen LogP contribution in [-0.2, 0) is 11.3 Å². The number of hydrogen-bond acceptors (Lipinski definition) is 5. The van der Waals surface area contributed by atoms with Crippen LogP contribution in [-0.4, -0.2) is 26.2 Å². The van der Waals surface area contributed by atoms with Crippen LogP contribution in [0.5, 0.6) is 0 Å². The number of carbonyl (C=O) groups is 1. The summed E-state index contributed by atoms with van der Waals surface area (Å²) in [5, 5.41) is 4.40. The molecular weight excluding hydrogens is 419 g/mol. The summed E-state index contributed by atoms with van der Waals surface area (Å²) in [7, 11) is 0. The van der Waals surface area contributed by atoms with Crippen molar-refractivity contribution in [1.29, 1.82) is 0 Å². The molecule has 1 aromatic carbocycles. The minimum atomic E-state index is -0.267. The first-order valence-corrected chi connectivity index (χ1v) is 10.3. The van der Waals surface area contributed by atoms with Crippen LogP contribution < -0.4 is 10.9 Å². The summed E-state index contributed by atoms with van der Waals surface area (Å²) in [6.07, 6.45) is 1.54. The zero-order valence-electron chi connectivity index (χ0n) is 15.3. The molecule has 0 bridgehead atoms. The molecule has 0 aliphatic heterocycles. The Bertz CT molecular complexity index is 1090. The summed E-state index contributed by atoms with van der Waals surface area (Å²) < 4.78 is 1.61. The molecule has 0 spiro atoms. The number of anilines is 1. The Kier molecular flexibility index (Phi) is 6.59. The molecule has 28 heavy (non-hydrogen) atoms. The first-order chi connectivity index (χ1) is 13.3. The van der Waals surface area contributed by atoms with Crippen molar-refractivity contribution in [2.75, 3.05) is 11.1 Å². The third kappa shape index (κ3) is 4.84. The largest absolute Gasteiger partial charge is 0.323 e. The SMILES string of the molecule is CC(C)Cn1c(SCC(=O)Nc2cccnc2Cl)nc2cc(Cl)ccc2c1=O. The van der Waals surface area contributed by atoms with E-state index in [0.29, 0.717) is 33.3 Å². The molecule has 0 aliphatic rings. The van der Waals surface area contributed by atoms with Gasteiger partial charge in [0.05, 0.1) is 22.3 Å². The minimum Gasteiger partial charge on any atom is -0.323 e. The van der Waals surface area contributed by atoms with Gasteiger partial charge < -0.3 is 5.32 Å². The summed E-state index contributed by atoms with van der Waals surface area (Å²) in [5.41, 5.74) is 0.803. The maximum atomic E-state index is 12.9. The van der Waals surface area contributed by atoms with Gasteiger partial charge in [-0.25, -0.2) is 9.97 Å². The quantitative estimate of drug-likeness (QED) is 0.350. The van der Waals surface area contributed by atoms with Crippen molar-refractivity contribution in [3.63, 3.8) is 0 Å². The predicted molar refractivity (Wildman–Crippen MR) is 114 cm³/mol. The summed E-state index contributed by atoms with van der Waals surface area (Å²) in [4.78, 5) is 33.7. The second-order valence-corrected chi connectivity index (χ2v) is 8.28. The molecule has 6 nitrogen and oxygen atoms in total. The molecule has 146 valence electrons. The first kappa shape index (κ1) is 20.6. The van der Waals surface area contributed by atoms with Crippen LogP contribution in [0.3, 0.4) is 0 Å². The van der Waals surface area contributed by atoms with E-state index in [1.807, 2.05) is 13.8 Å². The number of aromatic nitrogens is 3. The number of nitrogens with one attached hydrogen (secondary N) is 1. The van der Waals surface area contributed by atoms with Gasteiger partial charge in [0.2, 0.25) is 5.91 Å². The van der Waals surface area contributed by atoms with E-state index in [1.54, 1.807) is 41.1 Å². The highest BCUT2D eigenvalue weighted by Gasteiger charge is 2.15. The van der Waals surface area contributed by atoms with Gasteiger partial charge in [0.1, 0.15) is 0 Å². The molecular formula is C19H18Cl2N4O2S. The van der Waals surface area contributed by atoms with Crippen molar-refractivity contribution in [2.45, 2.75) is 25.5 Å². The van der Waals surface area contributed by atoms with Crippen LogP contribution in [0.4, 0.5) is 5.69 Å². The van der Waals surface area contributed by atoms with Gasteiger partial charge in [-0.2, -0.15) is 0 Å². The normalized spacial score (nSPS) is 11.2. The molecule has 0 atom stereocenters. The zero-order valence-corrected chi connectivity index (χ0v) is 17.6. The molecule has 0 aliphatic carbocycles. The minimum absolute atomic E-state index is 0.0713. The summed E-state index contributed by atoms with van der Waals surface area (Å²) in [5.74, 6) is 0.0463. The van der Waals surface area contributed by atoms with Crippen LogP contribution in [0.15, 0.2) is 46.5 Å². The molecule has 0 radical (unpaired) electrons. The van der Waals surface area contributed by atoms with E-state index in [9.17, 15) is 9.59 Å². The molecule has 9 heteroatoms. The second kappa shape index (κ2) is 8.94. The number of fused-ring (bicyclic) bond motifs is 1. The Balaban J connectivity index is 1.87. The van der Waals surface area contributed by atoms with Gasteiger partial charge in [-0.05, 0) is 36.2 Å². The maximum Gasteiger partial charge on any atom is 0.262 e. The average molecular weight is 437 g/mol. The highest BCUT2D eigenvalue weighted by atomic mass is 35.5. The standard InChI is InChI=1S/C19H18Cl2N4O2S/c1-11(2)9-25-18(27)13-6-5-12(20)8-15(13)24-19(25)28-10-16(26)23-14-4-3-7-22-17(14)21/h3-8,11H,9-10H2,1-2H3,(H,23,26). The fourth-order valence-electron chi connectivity index (χ4n) is 2.61. The van der Waals surface area contributed by atoms with Crippen molar-refractivity contribution >= 4 is 57.5 Å². The van der Waals surface area contributed by atoms with Crippen LogP contribution in [0.2, 0.25) is 10.2 Å². The van der Waals surface area contributed by atoms with Crippen LogP contribution in [0, 0.1) is 5.92 Å². The number of rotatable bonds is 6. The van der Waals surface area contributed by atoms with E-state index in [4.69, 9.17) is 23.2 Å². The van der Waals surface area contributed by atoms with E-state index in [-0.39, 0.29) is 28.3 Å². The Hall–Kier alpha value is -2.09. The summed E-state index contributed by atoms with van der Waals surface area (Å²) in [6, 6.07) is 8.35. The third-order valence-electron chi connectivity index (χ3n) is 3.80. The Morgan fingerprint density at radius 3 is 2.79 bits per heavy atom. The van der Waals surface area contributed by atoms with Gasteiger partial charge in [-0.15, -0.1) is 0 Å². The van der Waals surface area contributed by atoms with Gasteiger partial charge >= 0.3 is 0 Å². The van der Waals surface area contributed by atoms with Crippen LogP contribution in [0.1, 0.15) is 13.8 Å². The van der Waals surface area contributed by atoms with Crippen molar-refractivity contribution in [1.82, 2.24) is 14.5 Å². The molecule has 3 aromatic rings. The van der Waals surface area contributed by atoms with E-state index in [2.05, 4.69) is 15.3 Å². The monoisotopic (exact) mass is 436 g/mol. The van der Waals surface area contributed by atoms with Crippen LogP contribution >= 0.6 is 35.0 Å². The van der Waals surface area contributed by atoms with Gasteiger partial charge in [-0.3, -0.25) is 14.2 Å². The topological polar surface area (TPSA) is 76.9 Å². The number of halogens is 2. The van der Waals surface area contributed by atoms with Crippen LogP contribution in [0.25, 0.3) is 10.9 Å². The fraction of sp³-hybridized carbons (Fsp3) is 0.263. The molecule has 0 unspecified atom stereocenters. The molecule has 0 saturated heterocycles. The lowest BCUT2D eigenvalue weighted by molar-refractivity contribution is -0.113. The molecule has 0 fully saturated rings. The smallest absolute Gasteiger partial charge is 0.262 e. The maximum absolute atomic E-state index is 12.9.